The molecule has 1 aliphatic rings. The average molecular weight is 328 g/mol. The van der Waals surface area contributed by atoms with Crippen LogP contribution in [0.1, 0.15) is 27.4 Å². The van der Waals surface area contributed by atoms with E-state index in [1.807, 2.05) is 18.0 Å². The van der Waals surface area contributed by atoms with E-state index in [9.17, 15) is 9.59 Å². The van der Waals surface area contributed by atoms with Crippen molar-refractivity contribution in [2.45, 2.75) is 6.42 Å². The molecule has 8 heteroatoms. The molecule has 1 fully saturated rings. The Balaban J connectivity index is 1.70. The predicted octanol–water partition coefficient (Wildman–Crippen LogP) is 0.267. The first-order chi connectivity index (χ1) is 11.5. The zero-order valence-corrected chi connectivity index (χ0v) is 13.6. The number of carbonyl (C=O) groups is 2. The Hall–Kier alpha value is -2.90. The predicted molar refractivity (Wildman–Crippen MR) is 88.7 cm³/mol. The zero-order valence-electron chi connectivity index (χ0n) is 13.6. The lowest BCUT2D eigenvalue weighted by Gasteiger charge is -2.23. The normalized spacial score (nSPS) is 15.2. The monoisotopic (exact) mass is 328 g/mol. The van der Waals surface area contributed by atoms with Crippen LogP contribution >= 0.6 is 0 Å². The Bertz CT molecular complexity index is 757. The topological polar surface area (TPSA) is 97.3 Å². The summed E-state index contributed by atoms with van der Waals surface area (Å²) in [6.45, 7) is 2.76. The van der Waals surface area contributed by atoms with E-state index in [1.54, 1.807) is 29.4 Å². The van der Waals surface area contributed by atoms with Crippen LogP contribution in [-0.2, 0) is 7.05 Å². The number of primary amides is 1. The fourth-order valence-electron chi connectivity index (χ4n) is 2.81. The molecule has 2 aromatic heterocycles. The Kier molecular flexibility index (Phi) is 4.45. The van der Waals surface area contributed by atoms with E-state index in [1.165, 1.54) is 0 Å². The van der Waals surface area contributed by atoms with Crippen LogP contribution in [0.15, 0.2) is 30.9 Å². The highest BCUT2D eigenvalue weighted by atomic mass is 16.2. The third-order valence-electron chi connectivity index (χ3n) is 4.07. The zero-order chi connectivity index (χ0) is 17.1. The number of amides is 2. The Morgan fingerprint density at radius 1 is 1.12 bits per heavy atom. The van der Waals surface area contributed by atoms with E-state index in [-0.39, 0.29) is 11.6 Å². The number of pyridine rings is 1. The lowest BCUT2D eigenvalue weighted by atomic mass is 10.2. The van der Waals surface area contributed by atoms with Gasteiger partial charge in [0.2, 0.25) is 0 Å². The van der Waals surface area contributed by atoms with Gasteiger partial charge in [0.1, 0.15) is 11.4 Å². The van der Waals surface area contributed by atoms with Gasteiger partial charge in [0.05, 0.1) is 6.33 Å². The maximum atomic E-state index is 12.5. The molecule has 0 atom stereocenters. The van der Waals surface area contributed by atoms with E-state index in [0.717, 1.165) is 18.7 Å². The number of rotatable bonds is 3. The molecule has 0 radical (unpaired) electrons. The van der Waals surface area contributed by atoms with Crippen molar-refractivity contribution in [2.75, 3.05) is 31.1 Å². The summed E-state index contributed by atoms with van der Waals surface area (Å²) in [6.07, 6.45) is 5.77. The molecule has 2 amide bonds. The molecule has 1 saturated heterocycles. The summed E-state index contributed by atoms with van der Waals surface area (Å²) >= 11 is 0. The minimum Gasteiger partial charge on any atom is -0.370 e. The molecule has 8 nitrogen and oxygen atoms in total. The first-order valence-corrected chi connectivity index (χ1v) is 7.82. The molecular weight excluding hydrogens is 308 g/mol. The summed E-state index contributed by atoms with van der Waals surface area (Å²) in [5.74, 6) is -0.594. The van der Waals surface area contributed by atoms with Gasteiger partial charge in [-0.1, -0.05) is 0 Å². The highest BCUT2D eigenvalue weighted by molar-refractivity contribution is 5.92. The minimum absolute atomic E-state index is 0.0509. The molecule has 0 bridgehead atoms. The van der Waals surface area contributed by atoms with Crippen LogP contribution in [0, 0.1) is 0 Å². The standard InChI is InChI=1S/C16H20N6O2/c1-20-10-14(19-11-20)16(24)22-6-2-5-21(7-8-22)12-3-4-18-13(9-12)15(17)23/h3-4,9-11H,2,5-8H2,1H3,(H2,17,23). The van der Waals surface area contributed by atoms with Gasteiger partial charge >= 0.3 is 0 Å². The van der Waals surface area contributed by atoms with E-state index < -0.39 is 5.91 Å². The quantitative estimate of drug-likeness (QED) is 0.872. The van der Waals surface area contributed by atoms with E-state index in [2.05, 4.69) is 14.9 Å². The largest absolute Gasteiger partial charge is 0.370 e. The van der Waals surface area contributed by atoms with Gasteiger partial charge in [0, 0.05) is 51.3 Å². The van der Waals surface area contributed by atoms with Gasteiger partial charge in [-0.05, 0) is 18.6 Å². The second kappa shape index (κ2) is 6.69. The van der Waals surface area contributed by atoms with Crippen molar-refractivity contribution < 1.29 is 9.59 Å². The number of carbonyl (C=O) groups excluding carboxylic acids is 2. The van der Waals surface area contributed by atoms with Crippen molar-refractivity contribution in [1.29, 1.82) is 0 Å². The molecule has 126 valence electrons. The number of imidazole rings is 1. The Morgan fingerprint density at radius 3 is 2.67 bits per heavy atom. The van der Waals surface area contributed by atoms with Gasteiger partial charge in [-0.25, -0.2) is 4.98 Å². The van der Waals surface area contributed by atoms with Crippen LogP contribution in [0.25, 0.3) is 0 Å². The third kappa shape index (κ3) is 3.37. The summed E-state index contributed by atoms with van der Waals surface area (Å²) in [4.78, 5) is 35.8. The van der Waals surface area contributed by atoms with Crippen LogP contribution < -0.4 is 10.6 Å². The van der Waals surface area contributed by atoms with Gasteiger partial charge < -0.3 is 20.1 Å². The number of nitrogens with zero attached hydrogens (tertiary/aromatic N) is 5. The SMILES string of the molecule is Cn1cnc(C(=O)N2CCCN(c3ccnc(C(N)=O)c3)CC2)c1. The third-order valence-corrected chi connectivity index (χ3v) is 4.07. The van der Waals surface area contributed by atoms with Crippen molar-refractivity contribution in [2.24, 2.45) is 12.8 Å². The van der Waals surface area contributed by atoms with Crippen molar-refractivity contribution in [1.82, 2.24) is 19.4 Å². The number of aromatic nitrogens is 3. The molecule has 0 aliphatic carbocycles. The smallest absolute Gasteiger partial charge is 0.274 e. The fraction of sp³-hybridized carbons (Fsp3) is 0.375. The molecule has 0 aromatic carbocycles. The van der Waals surface area contributed by atoms with Crippen LogP contribution in [0.5, 0.6) is 0 Å². The average Bonchev–Trinajstić information content (AvgIpc) is 2.87. The lowest BCUT2D eigenvalue weighted by Crippen LogP contribution is -2.35. The van der Waals surface area contributed by atoms with Crippen LogP contribution in [-0.4, -0.2) is 57.4 Å². The molecule has 3 heterocycles. The van der Waals surface area contributed by atoms with Crippen molar-refractivity contribution in [3.8, 4) is 0 Å². The molecule has 0 spiro atoms. The number of aryl methyl sites for hydroxylation is 1. The molecular formula is C16H20N6O2. The summed E-state index contributed by atoms with van der Waals surface area (Å²) in [5.41, 5.74) is 6.90. The molecule has 2 N–H and O–H groups in total. The molecule has 0 saturated carbocycles. The highest BCUT2D eigenvalue weighted by Crippen LogP contribution is 2.17. The molecule has 0 unspecified atom stereocenters. The number of hydrogen-bond acceptors (Lipinski definition) is 5. The molecule has 24 heavy (non-hydrogen) atoms. The lowest BCUT2D eigenvalue weighted by molar-refractivity contribution is 0.0761. The van der Waals surface area contributed by atoms with Crippen molar-refractivity contribution >= 4 is 17.5 Å². The Morgan fingerprint density at radius 2 is 1.96 bits per heavy atom. The van der Waals surface area contributed by atoms with Crippen molar-refractivity contribution in [3.05, 3.63) is 42.2 Å². The van der Waals surface area contributed by atoms with Gasteiger partial charge in [-0.3, -0.25) is 14.6 Å². The number of anilines is 1. The van der Waals surface area contributed by atoms with Gasteiger partial charge in [0.25, 0.3) is 11.8 Å². The maximum absolute atomic E-state index is 12.5. The minimum atomic E-state index is -0.543. The second-order valence-electron chi connectivity index (χ2n) is 5.82. The number of nitrogens with two attached hydrogens (primary N) is 1. The summed E-state index contributed by atoms with van der Waals surface area (Å²) < 4.78 is 1.76. The molecule has 3 rings (SSSR count). The summed E-state index contributed by atoms with van der Waals surface area (Å²) in [5, 5.41) is 0. The first kappa shape index (κ1) is 16.0. The number of hydrogen-bond donors (Lipinski definition) is 1. The van der Waals surface area contributed by atoms with Gasteiger partial charge in [0.15, 0.2) is 0 Å². The van der Waals surface area contributed by atoms with Crippen LogP contribution in [0.2, 0.25) is 0 Å². The second-order valence-corrected chi connectivity index (χ2v) is 5.82. The van der Waals surface area contributed by atoms with E-state index in [0.29, 0.717) is 25.3 Å². The van der Waals surface area contributed by atoms with E-state index >= 15 is 0 Å². The highest BCUT2D eigenvalue weighted by Gasteiger charge is 2.22. The van der Waals surface area contributed by atoms with Crippen LogP contribution in [0.4, 0.5) is 5.69 Å². The summed E-state index contributed by atoms with van der Waals surface area (Å²) in [7, 11) is 1.84. The molecule has 1 aliphatic heterocycles. The maximum Gasteiger partial charge on any atom is 0.274 e. The Labute approximate surface area is 139 Å². The first-order valence-electron chi connectivity index (χ1n) is 7.82. The van der Waals surface area contributed by atoms with E-state index in [4.69, 9.17) is 5.73 Å². The summed E-state index contributed by atoms with van der Waals surface area (Å²) in [6, 6.07) is 3.54. The van der Waals surface area contributed by atoms with Crippen molar-refractivity contribution in [3.63, 3.8) is 0 Å². The molecule has 2 aromatic rings. The fourth-order valence-corrected chi connectivity index (χ4v) is 2.81. The van der Waals surface area contributed by atoms with Gasteiger partial charge in [-0.2, -0.15) is 0 Å². The van der Waals surface area contributed by atoms with Crippen LogP contribution in [0.3, 0.4) is 0 Å². The van der Waals surface area contributed by atoms with Gasteiger partial charge in [-0.15, -0.1) is 0 Å².